The Morgan fingerprint density at radius 2 is 2.08 bits per heavy atom. The fourth-order valence-corrected chi connectivity index (χ4v) is 2.85. The number of para-hydroxylation sites is 2. The number of aromatic nitrogens is 3. The Balaban J connectivity index is 1.72. The zero-order valence-corrected chi connectivity index (χ0v) is 14.8. The van der Waals surface area contributed by atoms with Gasteiger partial charge in [-0.3, -0.25) is 9.78 Å². The van der Waals surface area contributed by atoms with Crippen molar-refractivity contribution < 1.29 is 4.79 Å². The number of amides is 1. The average molecular weight is 336 g/mol. The highest BCUT2D eigenvalue weighted by atomic mass is 16.1. The summed E-state index contributed by atoms with van der Waals surface area (Å²) in [6, 6.07) is 11.7. The van der Waals surface area contributed by atoms with Crippen LogP contribution in [0.25, 0.3) is 11.0 Å². The van der Waals surface area contributed by atoms with E-state index in [1.165, 1.54) is 0 Å². The molecule has 0 spiro atoms. The van der Waals surface area contributed by atoms with E-state index in [4.69, 9.17) is 4.98 Å². The summed E-state index contributed by atoms with van der Waals surface area (Å²) in [5, 5.41) is 2.95. The molecule has 3 aromatic rings. The number of rotatable bonds is 7. The predicted octanol–water partition coefficient (Wildman–Crippen LogP) is 3.45. The van der Waals surface area contributed by atoms with Gasteiger partial charge in [-0.1, -0.05) is 32.4 Å². The first kappa shape index (κ1) is 17.1. The molecule has 1 aromatic carbocycles. The van der Waals surface area contributed by atoms with Crippen LogP contribution in [-0.2, 0) is 13.0 Å². The number of fused-ring (bicyclic) bond motifs is 1. The molecule has 1 atom stereocenters. The molecule has 3 rings (SSSR count). The fourth-order valence-electron chi connectivity index (χ4n) is 2.85. The first-order chi connectivity index (χ1) is 12.2. The van der Waals surface area contributed by atoms with Gasteiger partial charge in [-0.05, 0) is 30.2 Å². The third-order valence-electron chi connectivity index (χ3n) is 4.48. The highest BCUT2D eigenvalue weighted by Gasteiger charge is 2.13. The van der Waals surface area contributed by atoms with Crippen LogP contribution in [0.3, 0.4) is 0 Å². The van der Waals surface area contributed by atoms with Gasteiger partial charge in [0, 0.05) is 31.9 Å². The second kappa shape index (κ2) is 7.92. The van der Waals surface area contributed by atoms with Gasteiger partial charge in [0.15, 0.2) is 0 Å². The van der Waals surface area contributed by atoms with Crippen molar-refractivity contribution in [3.63, 3.8) is 0 Å². The Bertz CT molecular complexity index is 841. The van der Waals surface area contributed by atoms with Crippen molar-refractivity contribution >= 4 is 16.9 Å². The van der Waals surface area contributed by atoms with E-state index in [0.717, 1.165) is 29.8 Å². The van der Waals surface area contributed by atoms with Gasteiger partial charge < -0.3 is 9.88 Å². The molecule has 25 heavy (non-hydrogen) atoms. The maximum absolute atomic E-state index is 12.1. The maximum Gasteiger partial charge on any atom is 0.252 e. The van der Waals surface area contributed by atoms with E-state index in [1.54, 1.807) is 24.5 Å². The molecule has 130 valence electrons. The van der Waals surface area contributed by atoms with Gasteiger partial charge in [-0.2, -0.15) is 0 Å². The number of carbonyl (C=O) groups is 1. The van der Waals surface area contributed by atoms with Crippen LogP contribution in [0.5, 0.6) is 0 Å². The first-order valence-electron chi connectivity index (χ1n) is 8.81. The number of nitrogens with zero attached hydrogens (tertiary/aromatic N) is 3. The van der Waals surface area contributed by atoms with Crippen LogP contribution in [0.2, 0.25) is 0 Å². The summed E-state index contributed by atoms with van der Waals surface area (Å²) in [6.45, 7) is 5.96. The summed E-state index contributed by atoms with van der Waals surface area (Å²) < 4.78 is 2.29. The molecular formula is C20H24N4O. The molecule has 1 amide bonds. The summed E-state index contributed by atoms with van der Waals surface area (Å²) in [4.78, 5) is 20.9. The molecular weight excluding hydrogens is 312 g/mol. The van der Waals surface area contributed by atoms with E-state index in [2.05, 4.69) is 34.8 Å². The van der Waals surface area contributed by atoms with E-state index in [0.29, 0.717) is 24.4 Å². The molecule has 5 nitrogen and oxygen atoms in total. The molecule has 0 aliphatic rings. The number of hydrogen-bond donors (Lipinski definition) is 1. The molecule has 0 fully saturated rings. The van der Waals surface area contributed by atoms with E-state index >= 15 is 0 Å². The molecule has 0 bridgehead atoms. The van der Waals surface area contributed by atoms with Crippen molar-refractivity contribution in [2.24, 2.45) is 5.92 Å². The molecule has 0 aliphatic heterocycles. The lowest BCUT2D eigenvalue weighted by atomic mass is 10.1. The fraction of sp³-hybridized carbons (Fsp3) is 0.350. The number of carbonyl (C=O) groups excluding carboxylic acids is 1. The van der Waals surface area contributed by atoms with E-state index in [-0.39, 0.29) is 5.91 Å². The summed E-state index contributed by atoms with van der Waals surface area (Å²) in [7, 11) is 0. The molecule has 2 aromatic heterocycles. The van der Waals surface area contributed by atoms with Gasteiger partial charge in [0.25, 0.3) is 5.91 Å². The number of pyridine rings is 1. The second-order valence-corrected chi connectivity index (χ2v) is 6.39. The van der Waals surface area contributed by atoms with Gasteiger partial charge in [0.2, 0.25) is 0 Å². The van der Waals surface area contributed by atoms with E-state index < -0.39 is 0 Å². The van der Waals surface area contributed by atoms with Gasteiger partial charge in [-0.25, -0.2) is 4.98 Å². The van der Waals surface area contributed by atoms with Gasteiger partial charge in [0.05, 0.1) is 16.6 Å². The number of nitrogens with one attached hydrogen (secondary N) is 1. The Morgan fingerprint density at radius 3 is 2.84 bits per heavy atom. The monoisotopic (exact) mass is 336 g/mol. The van der Waals surface area contributed by atoms with Gasteiger partial charge in [0.1, 0.15) is 5.82 Å². The van der Waals surface area contributed by atoms with Crippen LogP contribution >= 0.6 is 0 Å². The van der Waals surface area contributed by atoms with Crippen LogP contribution < -0.4 is 5.32 Å². The minimum absolute atomic E-state index is 0.0994. The molecule has 0 aliphatic carbocycles. The third-order valence-corrected chi connectivity index (χ3v) is 4.48. The van der Waals surface area contributed by atoms with Crippen LogP contribution in [0, 0.1) is 5.92 Å². The highest BCUT2D eigenvalue weighted by molar-refractivity contribution is 5.93. The van der Waals surface area contributed by atoms with Crippen LogP contribution in [0.15, 0.2) is 48.8 Å². The smallest absolute Gasteiger partial charge is 0.252 e. The normalized spacial score (nSPS) is 12.2. The topological polar surface area (TPSA) is 59.8 Å². The molecule has 1 N–H and O–H groups in total. The number of hydrogen-bond acceptors (Lipinski definition) is 3. The molecule has 0 saturated heterocycles. The first-order valence-corrected chi connectivity index (χ1v) is 8.81. The molecule has 0 saturated carbocycles. The Hall–Kier alpha value is -2.69. The molecule has 5 heteroatoms. The SMILES string of the molecule is CCC(C)Cn1c(CCNC(=O)c2cccnc2)nc2ccccc21. The summed E-state index contributed by atoms with van der Waals surface area (Å²) in [5.41, 5.74) is 2.76. The molecule has 1 unspecified atom stereocenters. The van der Waals surface area contributed by atoms with Gasteiger partial charge >= 0.3 is 0 Å². The van der Waals surface area contributed by atoms with Crippen LogP contribution in [-0.4, -0.2) is 27.0 Å². The quantitative estimate of drug-likeness (QED) is 0.719. The van der Waals surface area contributed by atoms with Crippen LogP contribution in [0.1, 0.15) is 36.5 Å². The summed E-state index contributed by atoms with van der Waals surface area (Å²) in [5.74, 6) is 1.51. The zero-order chi connectivity index (χ0) is 17.6. The Morgan fingerprint density at radius 1 is 1.24 bits per heavy atom. The lowest BCUT2D eigenvalue weighted by Crippen LogP contribution is -2.26. The standard InChI is InChI=1S/C20H24N4O/c1-3-15(2)14-24-18-9-5-4-8-17(18)23-19(24)10-12-22-20(25)16-7-6-11-21-13-16/h4-9,11,13,15H,3,10,12,14H2,1-2H3,(H,22,25). The predicted molar refractivity (Wildman–Crippen MR) is 99.5 cm³/mol. The Kier molecular flexibility index (Phi) is 5.43. The van der Waals surface area contributed by atoms with Crippen molar-refractivity contribution in [3.8, 4) is 0 Å². The average Bonchev–Trinajstić information content (AvgIpc) is 2.99. The highest BCUT2D eigenvalue weighted by Crippen LogP contribution is 2.19. The van der Waals surface area contributed by atoms with Crippen molar-refractivity contribution in [2.45, 2.75) is 33.2 Å². The van der Waals surface area contributed by atoms with Crippen molar-refractivity contribution in [3.05, 3.63) is 60.2 Å². The van der Waals surface area contributed by atoms with Crippen LogP contribution in [0.4, 0.5) is 0 Å². The zero-order valence-electron chi connectivity index (χ0n) is 14.8. The van der Waals surface area contributed by atoms with E-state index in [9.17, 15) is 4.79 Å². The third kappa shape index (κ3) is 4.05. The van der Waals surface area contributed by atoms with Gasteiger partial charge in [-0.15, -0.1) is 0 Å². The van der Waals surface area contributed by atoms with Crippen molar-refractivity contribution in [1.82, 2.24) is 19.9 Å². The maximum atomic E-state index is 12.1. The Labute approximate surface area is 148 Å². The molecule has 0 radical (unpaired) electrons. The van der Waals surface area contributed by atoms with Crippen molar-refractivity contribution in [2.75, 3.05) is 6.54 Å². The second-order valence-electron chi connectivity index (χ2n) is 6.39. The van der Waals surface area contributed by atoms with E-state index in [1.807, 2.05) is 18.2 Å². The largest absolute Gasteiger partial charge is 0.352 e. The number of imidazole rings is 1. The lowest BCUT2D eigenvalue weighted by molar-refractivity contribution is 0.0953. The summed E-state index contributed by atoms with van der Waals surface area (Å²) in [6.07, 6.45) is 5.07. The molecule has 2 heterocycles. The lowest BCUT2D eigenvalue weighted by Gasteiger charge is -2.14. The minimum atomic E-state index is -0.0994. The van der Waals surface area contributed by atoms with Crippen molar-refractivity contribution in [1.29, 1.82) is 0 Å². The minimum Gasteiger partial charge on any atom is -0.352 e. The number of benzene rings is 1. The summed E-state index contributed by atoms with van der Waals surface area (Å²) >= 11 is 0.